The summed E-state index contributed by atoms with van der Waals surface area (Å²) in [5.41, 5.74) is 0.966. The molecule has 0 unspecified atom stereocenters. The van der Waals surface area contributed by atoms with Crippen molar-refractivity contribution >= 4 is 56.3 Å². The van der Waals surface area contributed by atoms with Crippen LogP contribution in [0.25, 0.3) is 0 Å². The van der Waals surface area contributed by atoms with Crippen LogP contribution in [0, 0.1) is 0 Å². The number of carbonyl (C=O) groups excluding carboxylic acids is 1. The molecule has 0 atom stereocenters. The van der Waals surface area contributed by atoms with E-state index in [1.807, 2.05) is 0 Å². The molecule has 25 heavy (non-hydrogen) atoms. The molecule has 2 N–H and O–H groups in total. The molecular weight excluding hydrogens is 385 g/mol. The molecule has 1 aliphatic rings. The Morgan fingerprint density at radius 2 is 1.88 bits per heavy atom. The van der Waals surface area contributed by atoms with Crippen LogP contribution in [-0.2, 0) is 14.8 Å². The van der Waals surface area contributed by atoms with Crippen LogP contribution < -0.4 is 10.6 Å². The lowest BCUT2D eigenvalue weighted by atomic mass is 10.2. The zero-order valence-corrected chi connectivity index (χ0v) is 15.1. The first-order valence-electron chi connectivity index (χ1n) is 7.30. The minimum absolute atomic E-state index is 0.0593. The first kappa shape index (κ1) is 17.7. The van der Waals surface area contributed by atoms with Gasteiger partial charge in [-0.25, -0.2) is 0 Å². The Morgan fingerprint density at radius 1 is 1.12 bits per heavy atom. The van der Waals surface area contributed by atoms with Crippen molar-refractivity contribution in [1.82, 2.24) is 0 Å². The fourth-order valence-corrected chi connectivity index (χ4v) is 3.78. The van der Waals surface area contributed by atoms with Crippen LogP contribution >= 0.6 is 23.2 Å². The predicted octanol–water partition coefficient (Wildman–Crippen LogP) is 3.93. The molecular formula is C16H13Cl2N3O3S. The molecule has 9 heteroatoms. The highest BCUT2D eigenvalue weighted by Crippen LogP contribution is 2.28. The molecule has 0 saturated heterocycles. The second-order valence-corrected chi connectivity index (χ2v) is 7.70. The number of carbonyl (C=O) groups is 1. The van der Waals surface area contributed by atoms with Gasteiger partial charge in [-0.1, -0.05) is 35.3 Å². The number of halogens is 2. The maximum atomic E-state index is 12.1. The molecule has 0 spiro atoms. The maximum Gasteiger partial charge on any atom is 0.286 e. The molecule has 0 aromatic heterocycles. The Balaban J connectivity index is 1.65. The van der Waals surface area contributed by atoms with Gasteiger partial charge < -0.3 is 10.6 Å². The summed E-state index contributed by atoms with van der Waals surface area (Å²) in [7, 11) is -3.75. The molecule has 1 aliphatic heterocycles. The predicted molar refractivity (Wildman–Crippen MR) is 99.0 cm³/mol. The fourth-order valence-electron chi connectivity index (χ4n) is 2.30. The Hall–Kier alpha value is -2.09. The summed E-state index contributed by atoms with van der Waals surface area (Å²) in [4.78, 5) is 12.2. The molecule has 6 nitrogen and oxygen atoms in total. The lowest BCUT2D eigenvalue weighted by molar-refractivity contribution is -0.116. The van der Waals surface area contributed by atoms with Gasteiger partial charge >= 0.3 is 0 Å². The van der Waals surface area contributed by atoms with Gasteiger partial charge in [0.05, 0.1) is 15.7 Å². The van der Waals surface area contributed by atoms with Crippen molar-refractivity contribution in [3.63, 3.8) is 0 Å². The largest absolute Gasteiger partial charge is 0.342 e. The van der Waals surface area contributed by atoms with Gasteiger partial charge in [0, 0.05) is 18.5 Å². The van der Waals surface area contributed by atoms with Crippen molar-refractivity contribution in [1.29, 1.82) is 0 Å². The first-order chi connectivity index (χ1) is 11.8. The summed E-state index contributed by atoms with van der Waals surface area (Å²) in [6.07, 6.45) is 0.213. The summed E-state index contributed by atoms with van der Waals surface area (Å²) in [6, 6.07) is 11.2. The number of para-hydroxylation sites is 1. The highest BCUT2D eigenvalue weighted by molar-refractivity contribution is 7.90. The number of hydrogen-bond donors (Lipinski definition) is 2. The Morgan fingerprint density at radius 3 is 2.64 bits per heavy atom. The summed E-state index contributed by atoms with van der Waals surface area (Å²) in [5.74, 6) is -0.0675. The van der Waals surface area contributed by atoms with E-state index in [2.05, 4.69) is 15.0 Å². The van der Waals surface area contributed by atoms with Gasteiger partial charge in [0.25, 0.3) is 10.0 Å². The smallest absolute Gasteiger partial charge is 0.286 e. The zero-order chi connectivity index (χ0) is 18.0. The van der Waals surface area contributed by atoms with E-state index in [-0.39, 0.29) is 29.5 Å². The molecule has 0 fully saturated rings. The number of benzene rings is 2. The minimum Gasteiger partial charge on any atom is -0.342 e. The highest BCUT2D eigenvalue weighted by atomic mass is 35.5. The second-order valence-electron chi connectivity index (χ2n) is 5.31. The van der Waals surface area contributed by atoms with Crippen LogP contribution in [0.2, 0.25) is 10.0 Å². The van der Waals surface area contributed by atoms with Crippen LogP contribution in [0.15, 0.2) is 51.8 Å². The minimum atomic E-state index is -3.75. The van der Waals surface area contributed by atoms with Crippen LogP contribution in [0.3, 0.4) is 0 Å². The lowest BCUT2D eigenvalue weighted by Crippen LogP contribution is -2.23. The van der Waals surface area contributed by atoms with Crippen molar-refractivity contribution in [3.8, 4) is 0 Å². The Labute approximate surface area is 154 Å². The number of fused-ring (bicyclic) bond motifs is 1. The SMILES string of the molecule is O=C(CCC1=NS(=O)(=O)c2ccccc2N1)Nc1ccc(Cl)c(Cl)c1. The van der Waals surface area contributed by atoms with Gasteiger partial charge in [0.15, 0.2) is 0 Å². The third kappa shape index (κ3) is 4.12. The lowest BCUT2D eigenvalue weighted by Gasteiger charge is -2.17. The van der Waals surface area contributed by atoms with E-state index >= 15 is 0 Å². The summed E-state index contributed by atoms with van der Waals surface area (Å²) in [6.45, 7) is 0. The maximum absolute atomic E-state index is 12.1. The van der Waals surface area contributed by atoms with Gasteiger partial charge in [0.1, 0.15) is 10.7 Å². The van der Waals surface area contributed by atoms with Gasteiger partial charge in [-0.05, 0) is 30.3 Å². The number of sulfonamides is 1. The first-order valence-corrected chi connectivity index (χ1v) is 9.49. The molecule has 3 rings (SSSR count). The number of hydrogen-bond acceptors (Lipinski definition) is 4. The van der Waals surface area contributed by atoms with Gasteiger partial charge in [0.2, 0.25) is 5.91 Å². The number of amidine groups is 1. The highest BCUT2D eigenvalue weighted by Gasteiger charge is 2.24. The normalized spacial score (nSPS) is 14.9. The molecule has 0 bridgehead atoms. The number of anilines is 2. The van der Waals surface area contributed by atoms with Gasteiger partial charge in [-0.15, -0.1) is 4.40 Å². The standard InChI is InChI=1S/C16H13Cl2N3O3S/c17-11-6-5-10(9-12(11)18)19-16(22)8-7-15-20-13-3-1-2-4-14(13)25(23,24)21-15/h1-6,9H,7-8H2,(H,19,22)(H,20,21). The van der Waals surface area contributed by atoms with Crippen molar-refractivity contribution < 1.29 is 13.2 Å². The molecule has 0 saturated carbocycles. The molecule has 1 heterocycles. The monoisotopic (exact) mass is 397 g/mol. The summed E-state index contributed by atoms with van der Waals surface area (Å²) >= 11 is 11.7. The van der Waals surface area contributed by atoms with Crippen LogP contribution in [0.1, 0.15) is 12.8 Å². The van der Waals surface area contributed by atoms with E-state index in [9.17, 15) is 13.2 Å². The Bertz CT molecular complexity index is 974. The average Bonchev–Trinajstić information content (AvgIpc) is 2.56. The van der Waals surface area contributed by atoms with E-state index in [0.29, 0.717) is 21.4 Å². The molecule has 2 aromatic carbocycles. The van der Waals surface area contributed by atoms with E-state index < -0.39 is 10.0 Å². The second kappa shape index (κ2) is 7.03. The molecule has 0 radical (unpaired) electrons. The van der Waals surface area contributed by atoms with Crippen molar-refractivity contribution in [2.24, 2.45) is 4.40 Å². The third-order valence-electron chi connectivity index (χ3n) is 3.47. The third-order valence-corrected chi connectivity index (χ3v) is 5.58. The van der Waals surface area contributed by atoms with Crippen LogP contribution in [0.4, 0.5) is 11.4 Å². The summed E-state index contributed by atoms with van der Waals surface area (Å²) < 4.78 is 28.0. The Kier molecular flexibility index (Phi) is 4.99. The molecule has 1 amide bonds. The van der Waals surface area contributed by atoms with E-state index in [0.717, 1.165) is 0 Å². The summed E-state index contributed by atoms with van der Waals surface area (Å²) in [5, 5.41) is 6.34. The van der Waals surface area contributed by atoms with Gasteiger partial charge in [-0.3, -0.25) is 4.79 Å². The quantitative estimate of drug-likeness (QED) is 0.817. The average molecular weight is 398 g/mol. The number of nitrogens with one attached hydrogen (secondary N) is 2. The van der Waals surface area contributed by atoms with E-state index in [4.69, 9.17) is 23.2 Å². The van der Waals surface area contributed by atoms with Crippen LogP contribution in [-0.4, -0.2) is 20.2 Å². The molecule has 2 aromatic rings. The fraction of sp³-hybridized carbons (Fsp3) is 0.125. The van der Waals surface area contributed by atoms with E-state index in [1.54, 1.807) is 36.4 Å². The van der Waals surface area contributed by atoms with Crippen LogP contribution in [0.5, 0.6) is 0 Å². The van der Waals surface area contributed by atoms with Crippen molar-refractivity contribution in [3.05, 3.63) is 52.5 Å². The number of nitrogens with zero attached hydrogens (tertiary/aromatic N) is 1. The van der Waals surface area contributed by atoms with Gasteiger partial charge in [-0.2, -0.15) is 8.42 Å². The van der Waals surface area contributed by atoms with Crippen molar-refractivity contribution in [2.75, 3.05) is 10.6 Å². The van der Waals surface area contributed by atoms with Crippen molar-refractivity contribution in [2.45, 2.75) is 17.7 Å². The zero-order valence-electron chi connectivity index (χ0n) is 12.8. The molecule has 130 valence electrons. The number of rotatable bonds is 4. The molecule has 0 aliphatic carbocycles. The van der Waals surface area contributed by atoms with E-state index in [1.165, 1.54) is 6.07 Å². The number of amides is 1. The topological polar surface area (TPSA) is 87.6 Å².